The van der Waals surface area contributed by atoms with Gasteiger partial charge >= 0.3 is 5.97 Å². The van der Waals surface area contributed by atoms with Gasteiger partial charge in [0, 0.05) is 0 Å². The lowest BCUT2D eigenvalue weighted by Gasteiger charge is -2.16. The molecule has 0 aliphatic rings. The Morgan fingerprint density at radius 2 is 1.95 bits per heavy atom. The lowest BCUT2D eigenvalue weighted by atomic mass is 10.1. The molecule has 1 aromatic rings. The minimum Gasteiger partial charge on any atom is -0.508 e. The van der Waals surface area contributed by atoms with Gasteiger partial charge in [0.05, 0.1) is 6.04 Å². The first-order valence-electron chi connectivity index (χ1n) is 6.11. The van der Waals surface area contributed by atoms with Gasteiger partial charge in [-0.15, -0.1) is 6.58 Å². The lowest BCUT2D eigenvalue weighted by Crippen LogP contribution is -2.49. The molecule has 1 rings (SSSR count). The Morgan fingerprint density at radius 1 is 1.35 bits per heavy atom. The van der Waals surface area contributed by atoms with Gasteiger partial charge in [0.2, 0.25) is 5.91 Å². The van der Waals surface area contributed by atoms with E-state index in [9.17, 15) is 9.59 Å². The number of amides is 1. The van der Waals surface area contributed by atoms with Gasteiger partial charge in [0.15, 0.2) is 0 Å². The zero-order valence-corrected chi connectivity index (χ0v) is 11.0. The van der Waals surface area contributed by atoms with E-state index >= 15 is 0 Å². The predicted molar refractivity (Wildman–Crippen MR) is 74.2 cm³/mol. The SMILES string of the molecule is C=CCC(NC(=O)[C@@H](N)Cc1ccc(O)cc1)C(=O)O. The van der Waals surface area contributed by atoms with Gasteiger partial charge in [0.1, 0.15) is 11.8 Å². The molecule has 6 heteroatoms. The van der Waals surface area contributed by atoms with Crippen LogP contribution < -0.4 is 11.1 Å². The number of aromatic hydroxyl groups is 1. The maximum atomic E-state index is 11.8. The molecule has 0 saturated heterocycles. The maximum absolute atomic E-state index is 11.8. The number of phenolic OH excluding ortho intramolecular Hbond substituents is 1. The second-order valence-electron chi connectivity index (χ2n) is 4.40. The van der Waals surface area contributed by atoms with Crippen LogP contribution in [0.2, 0.25) is 0 Å². The van der Waals surface area contributed by atoms with Crippen LogP contribution in [0.5, 0.6) is 5.75 Å². The van der Waals surface area contributed by atoms with Crippen molar-refractivity contribution < 1.29 is 19.8 Å². The molecule has 6 nitrogen and oxygen atoms in total. The summed E-state index contributed by atoms with van der Waals surface area (Å²) >= 11 is 0. The van der Waals surface area contributed by atoms with Gasteiger partial charge in [-0.3, -0.25) is 4.79 Å². The van der Waals surface area contributed by atoms with Gasteiger partial charge < -0.3 is 21.3 Å². The van der Waals surface area contributed by atoms with Gasteiger partial charge in [-0.2, -0.15) is 0 Å². The highest BCUT2D eigenvalue weighted by atomic mass is 16.4. The zero-order chi connectivity index (χ0) is 15.1. The molecule has 0 saturated carbocycles. The molecule has 1 unspecified atom stereocenters. The molecule has 0 bridgehead atoms. The Labute approximate surface area is 116 Å². The highest BCUT2D eigenvalue weighted by Gasteiger charge is 2.22. The van der Waals surface area contributed by atoms with Crippen molar-refractivity contribution in [2.24, 2.45) is 5.73 Å². The summed E-state index contributed by atoms with van der Waals surface area (Å²) < 4.78 is 0. The third-order valence-corrected chi connectivity index (χ3v) is 2.75. The molecule has 0 radical (unpaired) electrons. The Kier molecular flexibility index (Phi) is 5.74. The summed E-state index contributed by atoms with van der Waals surface area (Å²) in [5.41, 5.74) is 6.52. The fourth-order valence-corrected chi connectivity index (χ4v) is 1.65. The predicted octanol–water partition coefficient (Wildman–Crippen LogP) is 0.407. The van der Waals surface area contributed by atoms with E-state index in [4.69, 9.17) is 15.9 Å². The molecule has 0 heterocycles. The van der Waals surface area contributed by atoms with E-state index in [0.717, 1.165) is 5.56 Å². The van der Waals surface area contributed by atoms with Crippen molar-refractivity contribution in [2.75, 3.05) is 0 Å². The normalized spacial score (nSPS) is 13.2. The number of phenols is 1. The maximum Gasteiger partial charge on any atom is 0.326 e. The molecule has 2 atom stereocenters. The van der Waals surface area contributed by atoms with Gasteiger partial charge in [-0.05, 0) is 30.5 Å². The molecule has 5 N–H and O–H groups in total. The van der Waals surface area contributed by atoms with Crippen LogP contribution in [0.3, 0.4) is 0 Å². The van der Waals surface area contributed by atoms with Gasteiger partial charge in [-0.1, -0.05) is 18.2 Å². The van der Waals surface area contributed by atoms with Crippen LogP contribution in [0.25, 0.3) is 0 Å². The molecule has 0 aliphatic carbocycles. The molecule has 1 amide bonds. The number of nitrogens with two attached hydrogens (primary N) is 1. The minimum atomic E-state index is -1.13. The summed E-state index contributed by atoms with van der Waals surface area (Å²) in [6.45, 7) is 3.44. The number of rotatable bonds is 7. The van der Waals surface area contributed by atoms with E-state index in [-0.39, 0.29) is 18.6 Å². The van der Waals surface area contributed by atoms with Crippen LogP contribution in [0.4, 0.5) is 0 Å². The smallest absolute Gasteiger partial charge is 0.326 e. The van der Waals surface area contributed by atoms with Crippen molar-refractivity contribution >= 4 is 11.9 Å². The number of benzene rings is 1. The lowest BCUT2D eigenvalue weighted by molar-refractivity contribution is -0.141. The van der Waals surface area contributed by atoms with Crippen LogP contribution in [0.15, 0.2) is 36.9 Å². The van der Waals surface area contributed by atoms with E-state index < -0.39 is 24.0 Å². The fourth-order valence-electron chi connectivity index (χ4n) is 1.65. The second-order valence-corrected chi connectivity index (χ2v) is 4.40. The van der Waals surface area contributed by atoms with E-state index in [1.165, 1.54) is 18.2 Å². The number of carboxylic acid groups (broad SMARTS) is 1. The van der Waals surface area contributed by atoms with Gasteiger partial charge in [-0.25, -0.2) is 4.79 Å². The summed E-state index contributed by atoms with van der Waals surface area (Å²) in [6.07, 6.45) is 1.81. The Morgan fingerprint density at radius 3 is 2.45 bits per heavy atom. The average molecular weight is 278 g/mol. The number of carbonyl (C=O) groups excluding carboxylic acids is 1. The van der Waals surface area contributed by atoms with Crippen molar-refractivity contribution in [3.05, 3.63) is 42.5 Å². The van der Waals surface area contributed by atoms with E-state index in [1.807, 2.05) is 0 Å². The first kappa shape index (κ1) is 15.7. The van der Waals surface area contributed by atoms with Crippen molar-refractivity contribution in [1.29, 1.82) is 0 Å². The van der Waals surface area contributed by atoms with Crippen molar-refractivity contribution in [1.82, 2.24) is 5.32 Å². The van der Waals surface area contributed by atoms with Crippen molar-refractivity contribution in [3.8, 4) is 5.75 Å². The summed E-state index contributed by atoms with van der Waals surface area (Å²) in [7, 11) is 0. The highest BCUT2D eigenvalue weighted by molar-refractivity contribution is 5.87. The quantitative estimate of drug-likeness (QED) is 0.539. The van der Waals surface area contributed by atoms with Gasteiger partial charge in [0.25, 0.3) is 0 Å². The molecule has 0 aromatic heterocycles. The molecular formula is C14H18N2O4. The second kappa shape index (κ2) is 7.30. The first-order chi connectivity index (χ1) is 9.43. The number of hydrogen-bond acceptors (Lipinski definition) is 4. The van der Waals surface area contributed by atoms with E-state index in [1.54, 1.807) is 12.1 Å². The topological polar surface area (TPSA) is 113 Å². The average Bonchev–Trinajstić information content (AvgIpc) is 2.40. The van der Waals surface area contributed by atoms with Crippen molar-refractivity contribution in [3.63, 3.8) is 0 Å². The van der Waals surface area contributed by atoms with E-state index in [0.29, 0.717) is 0 Å². The zero-order valence-electron chi connectivity index (χ0n) is 11.0. The van der Waals surface area contributed by atoms with Crippen LogP contribution >= 0.6 is 0 Å². The molecule has 108 valence electrons. The Bertz CT molecular complexity index is 484. The third kappa shape index (κ3) is 4.74. The number of aliphatic carboxylic acids is 1. The number of nitrogens with one attached hydrogen (secondary N) is 1. The van der Waals surface area contributed by atoms with Crippen LogP contribution in [-0.4, -0.2) is 34.2 Å². The van der Waals surface area contributed by atoms with Crippen LogP contribution in [0, 0.1) is 0 Å². The third-order valence-electron chi connectivity index (χ3n) is 2.75. The monoisotopic (exact) mass is 278 g/mol. The first-order valence-corrected chi connectivity index (χ1v) is 6.11. The highest BCUT2D eigenvalue weighted by Crippen LogP contribution is 2.11. The van der Waals surface area contributed by atoms with Crippen LogP contribution in [-0.2, 0) is 16.0 Å². The number of carbonyl (C=O) groups is 2. The Hall–Kier alpha value is -2.34. The largest absolute Gasteiger partial charge is 0.508 e. The van der Waals surface area contributed by atoms with Crippen LogP contribution in [0.1, 0.15) is 12.0 Å². The standard InChI is InChI=1S/C14H18N2O4/c1-2-3-12(14(19)20)16-13(18)11(15)8-9-4-6-10(17)7-5-9/h2,4-7,11-12,17H,1,3,8,15H2,(H,16,18)(H,19,20)/t11-,12?/m0/s1. The summed E-state index contributed by atoms with van der Waals surface area (Å²) in [5.74, 6) is -1.54. The summed E-state index contributed by atoms with van der Waals surface area (Å²) in [5, 5.41) is 20.4. The molecule has 0 fully saturated rings. The molecule has 20 heavy (non-hydrogen) atoms. The number of hydrogen-bond donors (Lipinski definition) is 4. The van der Waals surface area contributed by atoms with Crippen molar-refractivity contribution in [2.45, 2.75) is 24.9 Å². The number of carboxylic acids is 1. The summed E-state index contributed by atoms with van der Waals surface area (Å²) in [6, 6.07) is 4.43. The molecule has 0 spiro atoms. The van der Waals surface area contributed by atoms with E-state index in [2.05, 4.69) is 11.9 Å². The molecule has 0 aliphatic heterocycles. The fraction of sp³-hybridized carbons (Fsp3) is 0.286. The summed E-state index contributed by atoms with van der Waals surface area (Å²) in [4.78, 5) is 22.7. The molecule has 1 aromatic carbocycles. The minimum absolute atomic E-state index is 0.128. The molecular weight excluding hydrogens is 260 g/mol. The Balaban J connectivity index is 2.59.